The Bertz CT molecular complexity index is 711. The summed E-state index contributed by atoms with van der Waals surface area (Å²) in [5, 5.41) is 4.41. The second-order valence-electron chi connectivity index (χ2n) is 6.09. The highest BCUT2D eigenvalue weighted by molar-refractivity contribution is 6.31. The smallest absolute Gasteiger partial charge is 0.227 e. The lowest BCUT2D eigenvalue weighted by atomic mass is 10.1. The maximum atomic E-state index is 13.9. The van der Waals surface area contributed by atoms with Crippen molar-refractivity contribution in [2.45, 2.75) is 45.1 Å². The van der Waals surface area contributed by atoms with Crippen LogP contribution in [0.2, 0.25) is 5.02 Å². The highest BCUT2D eigenvalue weighted by atomic mass is 35.5. The second-order valence-corrected chi connectivity index (χ2v) is 6.50. The molecule has 0 aliphatic carbocycles. The van der Waals surface area contributed by atoms with Gasteiger partial charge in [0, 0.05) is 29.6 Å². The molecule has 2 aromatic rings. The number of carbonyl (C=O) groups excluding carboxylic acids is 1. The van der Waals surface area contributed by atoms with Gasteiger partial charge in [-0.25, -0.2) is 4.39 Å². The minimum atomic E-state index is -0.446. The van der Waals surface area contributed by atoms with Gasteiger partial charge in [-0.2, -0.15) is 0 Å². The Morgan fingerprint density at radius 2 is 2.33 bits per heavy atom. The van der Waals surface area contributed by atoms with Crippen LogP contribution in [0, 0.1) is 5.82 Å². The lowest BCUT2D eigenvalue weighted by molar-refractivity contribution is -0.131. The van der Waals surface area contributed by atoms with E-state index in [1.54, 1.807) is 11.0 Å². The van der Waals surface area contributed by atoms with Gasteiger partial charge in [0.1, 0.15) is 17.3 Å². The molecule has 1 saturated heterocycles. The maximum absolute atomic E-state index is 13.9. The molecule has 1 aromatic heterocycles. The summed E-state index contributed by atoms with van der Waals surface area (Å²) in [5.74, 6) is 0.256. The van der Waals surface area contributed by atoms with Crippen LogP contribution in [0.4, 0.5) is 4.39 Å². The van der Waals surface area contributed by atoms with Crippen molar-refractivity contribution in [2.24, 2.45) is 0 Å². The lowest BCUT2D eigenvalue weighted by Gasteiger charge is -2.23. The predicted octanol–water partition coefficient (Wildman–Crippen LogP) is 4.33. The number of aromatic nitrogens is 1. The number of halogens is 2. The molecule has 1 atom stereocenters. The van der Waals surface area contributed by atoms with Gasteiger partial charge in [0.15, 0.2) is 0 Å². The van der Waals surface area contributed by atoms with Crippen LogP contribution < -0.4 is 0 Å². The molecule has 1 aromatic carbocycles. The average molecular weight is 351 g/mol. The van der Waals surface area contributed by atoms with Gasteiger partial charge in [-0.15, -0.1) is 0 Å². The molecule has 1 aliphatic heterocycles. The molecule has 4 nitrogen and oxygen atoms in total. The third kappa shape index (κ3) is 3.46. The van der Waals surface area contributed by atoms with Crippen LogP contribution in [0.1, 0.15) is 49.2 Å². The molecule has 1 fully saturated rings. The molecule has 2 heterocycles. The quantitative estimate of drug-likeness (QED) is 0.806. The number of benzene rings is 1. The van der Waals surface area contributed by atoms with E-state index < -0.39 is 5.82 Å². The van der Waals surface area contributed by atoms with E-state index in [1.807, 2.05) is 6.07 Å². The first-order valence-corrected chi connectivity index (χ1v) is 8.65. The van der Waals surface area contributed by atoms with Gasteiger partial charge in [0.2, 0.25) is 5.91 Å². The van der Waals surface area contributed by atoms with Gasteiger partial charge in [-0.1, -0.05) is 29.7 Å². The van der Waals surface area contributed by atoms with Crippen LogP contribution >= 0.6 is 11.6 Å². The van der Waals surface area contributed by atoms with Crippen LogP contribution in [0.5, 0.6) is 0 Å². The summed E-state index contributed by atoms with van der Waals surface area (Å²) in [5.41, 5.74) is 1.03. The summed E-state index contributed by atoms with van der Waals surface area (Å²) >= 11 is 6.03. The van der Waals surface area contributed by atoms with Crippen molar-refractivity contribution in [3.8, 4) is 0 Å². The molecular weight excluding hydrogens is 331 g/mol. The Labute approximate surface area is 145 Å². The molecule has 0 bridgehead atoms. The summed E-state index contributed by atoms with van der Waals surface area (Å²) in [4.78, 5) is 14.4. The molecule has 0 radical (unpaired) electrons. The minimum absolute atomic E-state index is 0.0400. The highest BCUT2D eigenvalue weighted by Gasteiger charge is 2.32. The van der Waals surface area contributed by atoms with Crippen LogP contribution in [-0.4, -0.2) is 22.5 Å². The molecule has 1 amide bonds. The van der Waals surface area contributed by atoms with E-state index in [0.29, 0.717) is 6.54 Å². The molecule has 1 aliphatic rings. The Morgan fingerprint density at radius 1 is 1.50 bits per heavy atom. The van der Waals surface area contributed by atoms with E-state index in [1.165, 1.54) is 12.1 Å². The number of aryl methyl sites for hydroxylation is 1. The highest BCUT2D eigenvalue weighted by Crippen LogP contribution is 2.33. The van der Waals surface area contributed by atoms with E-state index >= 15 is 0 Å². The van der Waals surface area contributed by atoms with Crippen molar-refractivity contribution in [3.63, 3.8) is 0 Å². The number of carbonyl (C=O) groups is 1. The number of likely N-dealkylation sites (tertiary alicyclic amines) is 1. The number of rotatable bonds is 5. The maximum Gasteiger partial charge on any atom is 0.227 e. The normalized spacial score (nSPS) is 17.5. The van der Waals surface area contributed by atoms with Crippen molar-refractivity contribution in [1.29, 1.82) is 0 Å². The zero-order valence-electron chi connectivity index (χ0n) is 13.6. The third-order valence-corrected chi connectivity index (χ3v) is 4.73. The Kier molecular flexibility index (Phi) is 5.19. The largest absolute Gasteiger partial charge is 0.361 e. The Hall–Kier alpha value is -1.88. The number of amides is 1. The minimum Gasteiger partial charge on any atom is -0.361 e. The lowest BCUT2D eigenvalue weighted by Crippen LogP contribution is -2.32. The molecule has 0 saturated carbocycles. The number of hydrogen-bond donors (Lipinski definition) is 0. The summed E-state index contributed by atoms with van der Waals surface area (Å²) in [6.07, 6.45) is 3.51. The summed E-state index contributed by atoms with van der Waals surface area (Å²) < 4.78 is 19.3. The fourth-order valence-corrected chi connectivity index (χ4v) is 3.41. The van der Waals surface area contributed by atoms with Gasteiger partial charge >= 0.3 is 0 Å². The fourth-order valence-electron chi connectivity index (χ4n) is 3.18. The second kappa shape index (κ2) is 7.34. The summed E-state index contributed by atoms with van der Waals surface area (Å²) in [6.45, 7) is 2.72. The predicted molar refractivity (Wildman–Crippen MR) is 89.3 cm³/mol. The first kappa shape index (κ1) is 17.0. The summed E-state index contributed by atoms with van der Waals surface area (Å²) in [6, 6.07) is 6.29. The SMILES string of the molecule is CCCc1cc(C2CCCN2C(=O)Cc2c(F)cccc2Cl)no1. The van der Waals surface area contributed by atoms with E-state index in [4.69, 9.17) is 16.1 Å². The van der Waals surface area contributed by atoms with Crippen molar-refractivity contribution in [2.75, 3.05) is 6.54 Å². The number of hydrogen-bond acceptors (Lipinski definition) is 3. The van der Waals surface area contributed by atoms with Crippen molar-refractivity contribution in [1.82, 2.24) is 10.1 Å². The molecule has 1 unspecified atom stereocenters. The van der Waals surface area contributed by atoms with Crippen molar-refractivity contribution < 1.29 is 13.7 Å². The molecule has 3 rings (SSSR count). The molecule has 24 heavy (non-hydrogen) atoms. The molecular formula is C18H20ClFN2O2. The molecule has 0 N–H and O–H groups in total. The standard InChI is InChI=1S/C18H20ClFN2O2/c1-2-5-12-10-16(21-24-12)17-8-4-9-22(17)18(23)11-13-14(19)6-3-7-15(13)20/h3,6-7,10,17H,2,4-5,8-9,11H2,1H3. The third-order valence-electron chi connectivity index (χ3n) is 4.38. The van der Waals surface area contributed by atoms with Crippen LogP contribution in [0.3, 0.4) is 0 Å². The van der Waals surface area contributed by atoms with Crippen molar-refractivity contribution in [3.05, 3.63) is 52.1 Å². The van der Waals surface area contributed by atoms with Gasteiger partial charge < -0.3 is 9.42 Å². The van der Waals surface area contributed by atoms with Crippen LogP contribution in [-0.2, 0) is 17.6 Å². The van der Waals surface area contributed by atoms with E-state index in [9.17, 15) is 9.18 Å². The van der Waals surface area contributed by atoms with Crippen LogP contribution in [0.25, 0.3) is 0 Å². The molecule has 6 heteroatoms. The van der Waals surface area contributed by atoms with E-state index in [0.717, 1.165) is 37.1 Å². The van der Waals surface area contributed by atoms with Crippen molar-refractivity contribution >= 4 is 17.5 Å². The fraction of sp³-hybridized carbons (Fsp3) is 0.444. The zero-order valence-corrected chi connectivity index (χ0v) is 14.4. The molecule has 128 valence electrons. The zero-order chi connectivity index (χ0) is 17.1. The first-order valence-electron chi connectivity index (χ1n) is 8.28. The van der Waals surface area contributed by atoms with E-state index in [2.05, 4.69) is 12.1 Å². The number of nitrogens with zero attached hydrogens (tertiary/aromatic N) is 2. The average Bonchev–Trinajstić information content (AvgIpc) is 3.20. The monoisotopic (exact) mass is 350 g/mol. The van der Waals surface area contributed by atoms with E-state index in [-0.39, 0.29) is 29.0 Å². The first-order chi connectivity index (χ1) is 11.6. The summed E-state index contributed by atoms with van der Waals surface area (Å²) in [7, 11) is 0. The molecule has 0 spiro atoms. The van der Waals surface area contributed by atoms with Crippen LogP contribution in [0.15, 0.2) is 28.8 Å². The van der Waals surface area contributed by atoms with Gasteiger partial charge in [0.25, 0.3) is 0 Å². The van der Waals surface area contributed by atoms with Gasteiger partial charge in [-0.05, 0) is 31.4 Å². The topological polar surface area (TPSA) is 46.3 Å². The van der Waals surface area contributed by atoms with Gasteiger partial charge in [0.05, 0.1) is 12.5 Å². The Balaban J connectivity index is 1.76. The Morgan fingerprint density at radius 3 is 3.08 bits per heavy atom. The van der Waals surface area contributed by atoms with Gasteiger partial charge in [-0.3, -0.25) is 4.79 Å².